The lowest BCUT2D eigenvalue weighted by molar-refractivity contribution is -0.121. The van der Waals surface area contributed by atoms with Crippen LogP contribution in [0.3, 0.4) is 0 Å². The van der Waals surface area contributed by atoms with Crippen LogP contribution < -0.4 is 20.1 Å². The van der Waals surface area contributed by atoms with Gasteiger partial charge in [0.1, 0.15) is 11.5 Å². The van der Waals surface area contributed by atoms with E-state index in [4.69, 9.17) is 15.2 Å². The molecule has 24 heavy (non-hydrogen) atoms. The fourth-order valence-corrected chi connectivity index (χ4v) is 2.68. The SMILES string of the molecule is CC(N)c1ccc2c(c1)N(CCCOc1ccccc1)C(=O)CO2. The Balaban J connectivity index is 1.65. The van der Waals surface area contributed by atoms with Crippen molar-refractivity contribution in [2.24, 2.45) is 5.73 Å². The van der Waals surface area contributed by atoms with Gasteiger partial charge in [0.15, 0.2) is 6.61 Å². The van der Waals surface area contributed by atoms with Crippen LogP contribution in [0, 0.1) is 0 Å². The van der Waals surface area contributed by atoms with Crippen molar-refractivity contribution in [1.29, 1.82) is 0 Å². The zero-order valence-electron chi connectivity index (χ0n) is 13.8. The summed E-state index contributed by atoms with van der Waals surface area (Å²) < 4.78 is 11.2. The number of anilines is 1. The third-order valence-electron chi connectivity index (χ3n) is 3.99. The molecule has 1 aliphatic rings. The topological polar surface area (TPSA) is 64.8 Å². The van der Waals surface area contributed by atoms with Crippen LogP contribution in [-0.2, 0) is 4.79 Å². The molecule has 2 N–H and O–H groups in total. The number of para-hydroxylation sites is 1. The normalized spacial score (nSPS) is 14.8. The molecule has 0 saturated carbocycles. The highest BCUT2D eigenvalue weighted by atomic mass is 16.5. The largest absolute Gasteiger partial charge is 0.494 e. The molecule has 5 heteroatoms. The number of hydrogen-bond donors (Lipinski definition) is 1. The summed E-state index contributed by atoms with van der Waals surface area (Å²) in [5.74, 6) is 1.53. The lowest BCUT2D eigenvalue weighted by Gasteiger charge is -2.30. The van der Waals surface area contributed by atoms with Gasteiger partial charge in [0.25, 0.3) is 5.91 Å². The van der Waals surface area contributed by atoms with E-state index in [1.807, 2.05) is 55.5 Å². The Morgan fingerprint density at radius 3 is 2.79 bits per heavy atom. The van der Waals surface area contributed by atoms with E-state index >= 15 is 0 Å². The number of benzene rings is 2. The monoisotopic (exact) mass is 326 g/mol. The third-order valence-corrected chi connectivity index (χ3v) is 3.99. The molecular formula is C19H22N2O3. The lowest BCUT2D eigenvalue weighted by atomic mass is 10.1. The molecule has 0 bridgehead atoms. The van der Waals surface area contributed by atoms with Crippen LogP contribution in [0.15, 0.2) is 48.5 Å². The van der Waals surface area contributed by atoms with Crippen molar-refractivity contribution in [2.45, 2.75) is 19.4 Å². The van der Waals surface area contributed by atoms with E-state index in [1.54, 1.807) is 4.90 Å². The number of amides is 1. The van der Waals surface area contributed by atoms with Crippen LogP contribution in [0.25, 0.3) is 0 Å². The minimum atomic E-state index is -0.0874. The summed E-state index contributed by atoms with van der Waals surface area (Å²) in [4.78, 5) is 14.0. The molecular weight excluding hydrogens is 304 g/mol. The van der Waals surface area contributed by atoms with Gasteiger partial charge in [0.2, 0.25) is 0 Å². The number of carbonyl (C=O) groups excluding carboxylic acids is 1. The first kappa shape index (κ1) is 16.3. The highest BCUT2D eigenvalue weighted by Crippen LogP contribution is 2.34. The zero-order valence-corrected chi connectivity index (χ0v) is 13.8. The number of hydrogen-bond acceptors (Lipinski definition) is 4. The van der Waals surface area contributed by atoms with Crippen molar-refractivity contribution < 1.29 is 14.3 Å². The molecule has 5 nitrogen and oxygen atoms in total. The summed E-state index contributed by atoms with van der Waals surface area (Å²) in [6.07, 6.45) is 0.739. The van der Waals surface area contributed by atoms with Crippen LogP contribution in [-0.4, -0.2) is 25.7 Å². The van der Waals surface area contributed by atoms with E-state index < -0.39 is 0 Å². The van der Waals surface area contributed by atoms with Gasteiger partial charge in [-0.2, -0.15) is 0 Å². The fourth-order valence-electron chi connectivity index (χ4n) is 2.68. The minimum Gasteiger partial charge on any atom is -0.494 e. The van der Waals surface area contributed by atoms with Gasteiger partial charge in [-0.05, 0) is 43.2 Å². The Kier molecular flexibility index (Phi) is 5.01. The summed E-state index contributed by atoms with van der Waals surface area (Å²) >= 11 is 0. The molecule has 0 spiro atoms. The Bertz CT molecular complexity index is 701. The van der Waals surface area contributed by atoms with E-state index in [9.17, 15) is 4.79 Å². The van der Waals surface area contributed by atoms with Gasteiger partial charge < -0.3 is 20.1 Å². The van der Waals surface area contributed by atoms with Crippen molar-refractivity contribution >= 4 is 11.6 Å². The molecule has 1 aliphatic heterocycles. The van der Waals surface area contributed by atoms with Crippen molar-refractivity contribution in [3.05, 3.63) is 54.1 Å². The molecule has 1 amide bonds. The molecule has 0 fully saturated rings. The standard InChI is InChI=1S/C19H22N2O3/c1-14(20)15-8-9-18-17(12-15)21(19(22)13-24-18)10-5-11-23-16-6-3-2-4-7-16/h2-4,6-9,12,14H,5,10-11,13,20H2,1H3. The summed E-state index contributed by atoms with van der Waals surface area (Å²) in [6, 6.07) is 15.3. The lowest BCUT2D eigenvalue weighted by Crippen LogP contribution is -2.40. The molecule has 126 valence electrons. The quantitative estimate of drug-likeness (QED) is 0.829. The summed E-state index contributed by atoms with van der Waals surface area (Å²) in [5, 5.41) is 0. The fraction of sp³-hybridized carbons (Fsp3) is 0.316. The molecule has 0 aliphatic carbocycles. The van der Waals surface area contributed by atoms with Crippen molar-refractivity contribution in [1.82, 2.24) is 0 Å². The molecule has 0 aromatic heterocycles. The first-order valence-electron chi connectivity index (χ1n) is 8.15. The second-order valence-electron chi connectivity index (χ2n) is 5.86. The van der Waals surface area contributed by atoms with Gasteiger partial charge in [0.05, 0.1) is 12.3 Å². The highest BCUT2D eigenvalue weighted by Gasteiger charge is 2.25. The predicted molar refractivity (Wildman–Crippen MR) is 93.4 cm³/mol. The van der Waals surface area contributed by atoms with E-state index in [-0.39, 0.29) is 18.6 Å². The smallest absolute Gasteiger partial charge is 0.265 e. The maximum absolute atomic E-state index is 12.2. The van der Waals surface area contributed by atoms with Gasteiger partial charge in [-0.3, -0.25) is 4.79 Å². The molecule has 2 aromatic carbocycles. The molecule has 2 aromatic rings. The van der Waals surface area contributed by atoms with Crippen LogP contribution >= 0.6 is 0 Å². The second-order valence-corrected chi connectivity index (χ2v) is 5.86. The number of carbonyl (C=O) groups is 1. The molecule has 1 unspecified atom stereocenters. The summed E-state index contributed by atoms with van der Waals surface area (Å²) in [7, 11) is 0. The molecule has 0 radical (unpaired) electrons. The van der Waals surface area contributed by atoms with Crippen molar-refractivity contribution in [3.8, 4) is 11.5 Å². The molecule has 1 atom stereocenters. The van der Waals surface area contributed by atoms with Crippen LogP contribution in [0.5, 0.6) is 11.5 Å². The second kappa shape index (κ2) is 7.36. The minimum absolute atomic E-state index is 0.0379. The van der Waals surface area contributed by atoms with Gasteiger partial charge in [-0.1, -0.05) is 24.3 Å². The Morgan fingerprint density at radius 1 is 1.25 bits per heavy atom. The molecule has 1 heterocycles. The highest BCUT2D eigenvalue weighted by molar-refractivity contribution is 5.97. The predicted octanol–water partition coefficient (Wildman–Crippen LogP) is 2.90. The number of nitrogens with two attached hydrogens (primary N) is 1. The van der Waals surface area contributed by atoms with E-state index in [1.165, 1.54) is 0 Å². The van der Waals surface area contributed by atoms with Crippen LogP contribution in [0.1, 0.15) is 24.9 Å². The van der Waals surface area contributed by atoms with E-state index in [2.05, 4.69) is 0 Å². The number of fused-ring (bicyclic) bond motifs is 1. The zero-order chi connectivity index (χ0) is 16.9. The van der Waals surface area contributed by atoms with Crippen LogP contribution in [0.2, 0.25) is 0 Å². The summed E-state index contributed by atoms with van der Waals surface area (Å²) in [5.41, 5.74) is 7.72. The summed E-state index contributed by atoms with van der Waals surface area (Å²) in [6.45, 7) is 3.14. The average Bonchev–Trinajstić information content (AvgIpc) is 2.60. The first-order valence-corrected chi connectivity index (χ1v) is 8.15. The van der Waals surface area contributed by atoms with Gasteiger partial charge >= 0.3 is 0 Å². The van der Waals surface area contributed by atoms with Crippen molar-refractivity contribution in [3.63, 3.8) is 0 Å². The first-order chi connectivity index (χ1) is 11.6. The van der Waals surface area contributed by atoms with Gasteiger partial charge in [-0.15, -0.1) is 0 Å². The average molecular weight is 326 g/mol. The maximum atomic E-state index is 12.2. The number of rotatable bonds is 6. The van der Waals surface area contributed by atoms with E-state index in [0.29, 0.717) is 13.2 Å². The van der Waals surface area contributed by atoms with Crippen molar-refractivity contribution in [2.75, 3.05) is 24.7 Å². The Morgan fingerprint density at radius 2 is 2.04 bits per heavy atom. The molecule has 3 rings (SSSR count). The Hall–Kier alpha value is -2.53. The molecule has 0 saturated heterocycles. The number of nitrogens with zero attached hydrogens (tertiary/aromatic N) is 1. The third kappa shape index (κ3) is 3.68. The number of ether oxygens (including phenoxy) is 2. The Labute approximate surface area is 142 Å². The van der Waals surface area contributed by atoms with Crippen LogP contribution in [0.4, 0.5) is 5.69 Å². The van der Waals surface area contributed by atoms with Gasteiger partial charge in [-0.25, -0.2) is 0 Å². The maximum Gasteiger partial charge on any atom is 0.265 e. The van der Waals surface area contributed by atoms with E-state index in [0.717, 1.165) is 29.2 Å². The van der Waals surface area contributed by atoms with Gasteiger partial charge in [0, 0.05) is 12.6 Å².